The summed E-state index contributed by atoms with van der Waals surface area (Å²) in [5.74, 6) is -2.69. The summed E-state index contributed by atoms with van der Waals surface area (Å²) in [5.41, 5.74) is 0.931. The number of esters is 1. The number of likely N-dealkylation sites (tertiary alicyclic amines) is 1. The lowest BCUT2D eigenvalue weighted by molar-refractivity contribution is -0.137. The molecule has 2 fully saturated rings. The first-order chi connectivity index (χ1) is 21.6. The largest absolute Gasteiger partial charge is 0.496 e. The van der Waals surface area contributed by atoms with Crippen molar-refractivity contribution in [2.75, 3.05) is 41.0 Å². The lowest BCUT2D eigenvalue weighted by atomic mass is 9.81. The monoisotopic (exact) mass is 666 g/mol. The topological polar surface area (TPSA) is 109 Å². The molecule has 1 saturated carbocycles. The smallest absolute Gasteiger partial charge is 0.338 e. The van der Waals surface area contributed by atoms with Gasteiger partial charge in [0.1, 0.15) is 17.6 Å². The van der Waals surface area contributed by atoms with Crippen molar-refractivity contribution < 1.29 is 41.8 Å². The highest BCUT2D eigenvalue weighted by Crippen LogP contribution is 2.40. The van der Waals surface area contributed by atoms with Crippen LogP contribution in [0, 0.1) is 17.5 Å². The number of nitrogens with one attached hydrogen (secondary N) is 2. The molecular formula is C32H38ClF3N4O6. The summed E-state index contributed by atoms with van der Waals surface area (Å²) in [6.45, 7) is 1.10. The summed E-state index contributed by atoms with van der Waals surface area (Å²) in [5, 5.41) is 5.44. The van der Waals surface area contributed by atoms with E-state index in [0.717, 1.165) is 61.9 Å². The van der Waals surface area contributed by atoms with E-state index in [1.165, 1.54) is 25.3 Å². The lowest BCUT2D eigenvalue weighted by Gasteiger charge is -2.37. The zero-order chi connectivity index (χ0) is 32.2. The van der Waals surface area contributed by atoms with E-state index in [4.69, 9.17) is 14.2 Å². The van der Waals surface area contributed by atoms with E-state index < -0.39 is 35.7 Å². The Morgan fingerprint density at radius 3 is 2.37 bits per heavy atom. The Bertz CT molecular complexity index is 1490. The van der Waals surface area contributed by atoms with Gasteiger partial charge in [-0.2, -0.15) is 0 Å². The van der Waals surface area contributed by atoms with Crippen LogP contribution in [0.3, 0.4) is 0 Å². The van der Waals surface area contributed by atoms with Gasteiger partial charge in [-0.3, -0.25) is 4.90 Å². The van der Waals surface area contributed by atoms with Gasteiger partial charge in [-0.25, -0.2) is 32.5 Å². The molecule has 0 spiro atoms. The van der Waals surface area contributed by atoms with E-state index in [1.807, 2.05) is 0 Å². The maximum absolute atomic E-state index is 14.4. The van der Waals surface area contributed by atoms with E-state index in [-0.39, 0.29) is 53.6 Å². The van der Waals surface area contributed by atoms with Crippen LogP contribution in [0.1, 0.15) is 55.2 Å². The maximum Gasteiger partial charge on any atom is 0.338 e. The molecule has 46 heavy (non-hydrogen) atoms. The number of methoxy groups -OCH3 is 3. The second-order valence-electron chi connectivity index (χ2n) is 11.5. The summed E-state index contributed by atoms with van der Waals surface area (Å²) in [4.78, 5) is 43.1. The van der Waals surface area contributed by atoms with Gasteiger partial charge in [-0.15, -0.1) is 12.4 Å². The normalized spacial score (nSPS) is 23.4. The van der Waals surface area contributed by atoms with Crippen molar-refractivity contribution in [3.05, 3.63) is 76.2 Å². The lowest BCUT2D eigenvalue weighted by Crippen LogP contribution is -2.56. The maximum atomic E-state index is 14.4. The molecule has 1 saturated heterocycles. The third kappa shape index (κ3) is 7.26. The Balaban J connectivity index is 0.00000480. The van der Waals surface area contributed by atoms with Gasteiger partial charge in [0, 0.05) is 38.3 Å². The highest BCUT2D eigenvalue weighted by molar-refractivity contribution is 6.01. The van der Waals surface area contributed by atoms with Crippen LogP contribution in [0.25, 0.3) is 0 Å². The van der Waals surface area contributed by atoms with Crippen LogP contribution in [-0.4, -0.2) is 80.9 Å². The van der Waals surface area contributed by atoms with Gasteiger partial charge < -0.3 is 24.8 Å². The first-order valence-corrected chi connectivity index (χ1v) is 14.9. The van der Waals surface area contributed by atoms with Gasteiger partial charge >= 0.3 is 18.0 Å². The van der Waals surface area contributed by atoms with Crippen molar-refractivity contribution >= 4 is 30.4 Å². The Kier molecular flexibility index (Phi) is 11.6. The molecule has 10 nitrogen and oxygen atoms in total. The van der Waals surface area contributed by atoms with Crippen LogP contribution in [0.5, 0.6) is 5.75 Å². The van der Waals surface area contributed by atoms with E-state index in [2.05, 4.69) is 15.5 Å². The SMILES string of the molecule is COCC1=C(C(=O)OC)[C@H](c2ccc(F)c(F)c2)N(C(=O)N[C@@H]2CCN(C3CCC(c4ccc(F)cc4OC)CC3)C2)C(=O)N1.Cl. The molecule has 2 aromatic carbocycles. The molecule has 14 heteroatoms. The van der Waals surface area contributed by atoms with Crippen molar-refractivity contribution in [2.45, 2.75) is 56.1 Å². The van der Waals surface area contributed by atoms with Gasteiger partial charge in [0.05, 0.1) is 32.1 Å². The van der Waals surface area contributed by atoms with Gasteiger partial charge in [-0.05, 0) is 67.3 Å². The fraction of sp³-hybridized carbons (Fsp3) is 0.469. The number of ether oxygens (including phenoxy) is 3. The van der Waals surface area contributed by atoms with E-state index in [0.29, 0.717) is 24.8 Å². The van der Waals surface area contributed by atoms with Gasteiger partial charge in [0.25, 0.3) is 0 Å². The molecule has 0 bridgehead atoms. The zero-order valence-electron chi connectivity index (χ0n) is 25.8. The van der Waals surface area contributed by atoms with Crippen molar-refractivity contribution in [1.29, 1.82) is 0 Å². The number of carbonyl (C=O) groups excluding carboxylic acids is 3. The second-order valence-corrected chi connectivity index (χ2v) is 11.5. The number of halogens is 4. The summed E-state index contributed by atoms with van der Waals surface area (Å²) in [7, 11) is 4.04. The van der Waals surface area contributed by atoms with Crippen molar-refractivity contribution in [3.63, 3.8) is 0 Å². The number of hydrogen-bond donors (Lipinski definition) is 2. The van der Waals surface area contributed by atoms with Crippen LogP contribution >= 0.6 is 12.4 Å². The number of amides is 4. The molecule has 2 heterocycles. The molecule has 0 unspecified atom stereocenters. The molecule has 250 valence electrons. The van der Waals surface area contributed by atoms with Crippen molar-refractivity contribution in [2.24, 2.45) is 0 Å². The number of nitrogens with zero attached hydrogens (tertiary/aromatic N) is 2. The first-order valence-electron chi connectivity index (χ1n) is 14.9. The van der Waals surface area contributed by atoms with Gasteiger partial charge in [0.15, 0.2) is 11.6 Å². The third-order valence-corrected chi connectivity index (χ3v) is 8.90. The van der Waals surface area contributed by atoms with Crippen molar-refractivity contribution in [1.82, 2.24) is 20.4 Å². The Hall–Kier alpha value is -3.81. The minimum absolute atomic E-state index is 0. The Morgan fingerprint density at radius 1 is 0.978 bits per heavy atom. The molecule has 0 aromatic heterocycles. The summed E-state index contributed by atoms with van der Waals surface area (Å²) < 4.78 is 57.4. The summed E-state index contributed by atoms with van der Waals surface area (Å²) in [6, 6.07) is 4.55. The van der Waals surface area contributed by atoms with E-state index in [9.17, 15) is 27.6 Å². The molecule has 2 aliphatic heterocycles. The second kappa shape index (κ2) is 15.2. The third-order valence-electron chi connectivity index (χ3n) is 8.90. The Morgan fingerprint density at radius 2 is 1.72 bits per heavy atom. The van der Waals surface area contributed by atoms with Gasteiger partial charge in [0.2, 0.25) is 0 Å². The molecular weight excluding hydrogens is 629 g/mol. The molecule has 1 aliphatic carbocycles. The van der Waals surface area contributed by atoms with Gasteiger partial charge in [-0.1, -0.05) is 12.1 Å². The summed E-state index contributed by atoms with van der Waals surface area (Å²) in [6.07, 6.45) is 4.31. The minimum Gasteiger partial charge on any atom is -0.496 e. The standard InChI is InChI=1S/C32H37F3N4O6.ClH/c1-43-17-26-28(30(40)45-3)29(19-6-11-24(34)25(35)14-19)39(32(42)37-26)31(41)36-21-12-13-38(16-21)22-8-4-18(5-9-22)23-10-7-20(33)15-27(23)44-2;/h6-7,10-11,14-15,18,21-22,29H,4-5,8-9,12-13,16-17H2,1-3H3,(H,36,41)(H,37,42);1H/t18?,21-,22?,29+;/m1./s1. The van der Waals surface area contributed by atoms with Crippen LogP contribution in [0.2, 0.25) is 0 Å². The van der Waals surface area contributed by atoms with E-state index >= 15 is 0 Å². The number of hydrogen-bond acceptors (Lipinski definition) is 7. The highest BCUT2D eigenvalue weighted by atomic mass is 35.5. The highest BCUT2D eigenvalue weighted by Gasteiger charge is 2.44. The fourth-order valence-corrected chi connectivity index (χ4v) is 6.73. The number of rotatable bonds is 8. The number of benzene rings is 2. The molecule has 0 radical (unpaired) electrons. The minimum atomic E-state index is -1.40. The van der Waals surface area contributed by atoms with E-state index in [1.54, 1.807) is 13.2 Å². The molecule has 2 aromatic rings. The molecule has 2 N–H and O–H groups in total. The predicted molar refractivity (Wildman–Crippen MR) is 164 cm³/mol. The van der Waals surface area contributed by atoms with Crippen molar-refractivity contribution in [3.8, 4) is 5.75 Å². The summed E-state index contributed by atoms with van der Waals surface area (Å²) >= 11 is 0. The fourth-order valence-electron chi connectivity index (χ4n) is 6.73. The average Bonchev–Trinajstić information content (AvgIpc) is 3.50. The number of imide groups is 1. The van der Waals surface area contributed by atoms with Crippen LogP contribution in [0.15, 0.2) is 47.7 Å². The molecule has 2 atom stereocenters. The zero-order valence-corrected chi connectivity index (χ0v) is 26.6. The molecule has 3 aliphatic rings. The molecule has 5 rings (SSSR count). The number of urea groups is 2. The quantitative estimate of drug-likeness (QED) is 0.374. The predicted octanol–water partition coefficient (Wildman–Crippen LogP) is 5.18. The number of carbonyl (C=O) groups is 3. The Labute approximate surface area is 271 Å². The van der Waals surface area contributed by atoms with Crippen LogP contribution in [0.4, 0.5) is 22.8 Å². The average molecular weight is 667 g/mol. The first kappa shape index (κ1) is 35.1. The van der Waals surface area contributed by atoms with Crippen LogP contribution in [-0.2, 0) is 14.3 Å². The molecule has 4 amide bonds. The van der Waals surface area contributed by atoms with Crippen LogP contribution < -0.4 is 15.4 Å².